The predicted molar refractivity (Wildman–Crippen MR) is 119 cm³/mol. The molecule has 0 aliphatic carbocycles. The van der Waals surface area contributed by atoms with Crippen molar-refractivity contribution in [3.63, 3.8) is 0 Å². The summed E-state index contributed by atoms with van der Waals surface area (Å²) in [6.45, 7) is 2.51. The number of nitrogens with zero attached hydrogens (tertiary/aromatic N) is 3. The van der Waals surface area contributed by atoms with Crippen LogP contribution in [0.2, 0.25) is 5.02 Å². The lowest BCUT2D eigenvalue weighted by Gasteiger charge is -2.16. The monoisotopic (exact) mass is 434 g/mol. The second-order valence-corrected chi connectivity index (χ2v) is 7.63. The molecule has 8 nitrogen and oxygen atoms in total. The second-order valence-electron chi connectivity index (χ2n) is 7.22. The lowest BCUT2D eigenvalue weighted by molar-refractivity contribution is 0.0947. The van der Waals surface area contributed by atoms with Gasteiger partial charge in [0.25, 0.3) is 5.91 Å². The Hall–Kier alpha value is -3.65. The first-order valence-electron chi connectivity index (χ1n) is 9.78. The Morgan fingerprint density at radius 3 is 2.94 bits per heavy atom. The quantitative estimate of drug-likeness (QED) is 0.448. The van der Waals surface area contributed by atoms with Crippen LogP contribution in [0.5, 0.6) is 6.01 Å². The third-order valence-corrected chi connectivity index (χ3v) is 5.81. The number of benzene rings is 1. The maximum Gasteiger partial charge on any atom is 0.316 e. The summed E-state index contributed by atoms with van der Waals surface area (Å²) in [7, 11) is 1.52. The van der Waals surface area contributed by atoms with Crippen molar-refractivity contribution in [1.82, 2.24) is 25.3 Å². The largest absolute Gasteiger partial charge is 0.467 e. The van der Waals surface area contributed by atoms with Crippen LogP contribution < -0.4 is 15.4 Å². The van der Waals surface area contributed by atoms with Crippen LogP contribution in [0.25, 0.3) is 22.3 Å². The van der Waals surface area contributed by atoms with Crippen molar-refractivity contribution in [3.05, 3.63) is 58.5 Å². The van der Waals surface area contributed by atoms with E-state index in [-0.39, 0.29) is 11.9 Å². The molecule has 31 heavy (non-hydrogen) atoms. The summed E-state index contributed by atoms with van der Waals surface area (Å²) in [5.41, 5.74) is 6.62. The average Bonchev–Trinajstić information content (AvgIpc) is 3.15. The predicted octanol–water partition coefficient (Wildman–Crippen LogP) is 4.02. The van der Waals surface area contributed by atoms with Crippen molar-refractivity contribution in [1.29, 1.82) is 0 Å². The molecule has 3 N–H and O–H groups in total. The van der Waals surface area contributed by atoms with Gasteiger partial charge in [0.2, 0.25) is 0 Å². The highest BCUT2D eigenvalue weighted by Crippen LogP contribution is 2.39. The Morgan fingerprint density at radius 1 is 1.23 bits per heavy atom. The smallest absolute Gasteiger partial charge is 0.316 e. The van der Waals surface area contributed by atoms with E-state index in [4.69, 9.17) is 16.3 Å². The highest BCUT2D eigenvalue weighted by atomic mass is 35.5. The van der Waals surface area contributed by atoms with Crippen LogP contribution in [0.1, 0.15) is 21.6 Å². The van der Waals surface area contributed by atoms with Gasteiger partial charge >= 0.3 is 6.01 Å². The lowest BCUT2D eigenvalue weighted by Crippen LogP contribution is -2.31. The molecule has 3 aromatic heterocycles. The van der Waals surface area contributed by atoms with Crippen molar-refractivity contribution >= 4 is 39.9 Å². The molecule has 0 fully saturated rings. The molecule has 1 amide bonds. The summed E-state index contributed by atoms with van der Waals surface area (Å²) >= 11 is 6.33. The number of halogens is 1. The minimum atomic E-state index is -0.128. The summed E-state index contributed by atoms with van der Waals surface area (Å²) in [6, 6.07) is 7.75. The molecule has 0 radical (unpaired) electrons. The zero-order valence-corrected chi connectivity index (χ0v) is 17.7. The molecule has 1 aliphatic heterocycles. The molecule has 0 bridgehead atoms. The molecule has 0 atom stereocenters. The number of anilines is 2. The number of methoxy groups -OCH3 is 1. The van der Waals surface area contributed by atoms with Gasteiger partial charge < -0.3 is 20.4 Å². The van der Waals surface area contributed by atoms with E-state index < -0.39 is 0 Å². The fraction of sp³-hybridized carbons (Fsp3) is 0.182. The van der Waals surface area contributed by atoms with Crippen LogP contribution in [0.3, 0.4) is 0 Å². The van der Waals surface area contributed by atoms with Crippen LogP contribution in [-0.2, 0) is 6.42 Å². The first-order chi connectivity index (χ1) is 15.1. The third-order valence-electron chi connectivity index (χ3n) is 5.40. The standard InChI is InChI=1S/C22H19ClN6O2/c1-11-13(23)4-3-5-14(11)27-20-17-15(7-9-25-21(17)30)28-19(20)12-6-8-24-16-10-26-22(31-2)29-18(12)16/h3-6,8,10,27-28H,7,9H2,1-2H3,(H,25,30). The van der Waals surface area contributed by atoms with Crippen molar-refractivity contribution in [3.8, 4) is 17.3 Å². The number of aromatic amines is 1. The Bertz CT molecular complexity index is 1330. The van der Waals surface area contributed by atoms with Gasteiger partial charge in [-0.15, -0.1) is 0 Å². The summed E-state index contributed by atoms with van der Waals surface area (Å²) < 4.78 is 5.21. The fourth-order valence-electron chi connectivity index (χ4n) is 3.81. The van der Waals surface area contributed by atoms with Gasteiger partial charge in [0.1, 0.15) is 11.0 Å². The first-order valence-corrected chi connectivity index (χ1v) is 10.2. The molecule has 9 heteroatoms. The number of nitrogens with one attached hydrogen (secondary N) is 3. The molecule has 0 saturated carbocycles. The van der Waals surface area contributed by atoms with E-state index in [1.165, 1.54) is 7.11 Å². The van der Waals surface area contributed by atoms with Crippen molar-refractivity contribution in [2.45, 2.75) is 13.3 Å². The second kappa shape index (κ2) is 7.55. The molecule has 4 heterocycles. The summed E-state index contributed by atoms with van der Waals surface area (Å²) in [6.07, 6.45) is 4.02. The molecule has 1 aromatic carbocycles. The molecule has 1 aliphatic rings. The zero-order valence-electron chi connectivity index (χ0n) is 16.9. The van der Waals surface area contributed by atoms with E-state index in [0.29, 0.717) is 40.3 Å². The van der Waals surface area contributed by atoms with Gasteiger partial charge in [-0.1, -0.05) is 17.7 Å². The van der Waals surface area contributed by atoms with Gasteiger partial charge in [-0.2, -0.15) is 4.98 Å². The lowest BCUT2D eigenvalue weighted by atomic mass is 10.0. The van der Waals surface area contributed by atoms with Crippen LogP contribution in [-0.4, -0.2) is 39.5 Å². The van der Waals surface area contributed by atoms with Crippen LogP contribution in [0.4, 0.5) is 11.4 Å². The summed E-state index contributed by atoms with van der Waals surface area (Å²) in [5, 5.41) is 7.01. The number of amides is 1. The number of hydrogen-bond donors (Lipinski definition) is 3. The number of aromatic nitrogens is 4. The average molecular weight is 435 g/mol. The normalized spacial score (nSPS) is 13.1. The van der Waals surface area contributed by atoms with E-state index in [1.807, 2.05) is 31.2 Å². The summed E-state index contributed by atoms with van der Waals surface area (Å²) in [5.74, 6) is -0.128. The van der Waals surface area contributed by atoms with Gasteiger partial charge in [0.05, 0.1) is 30.3 Å². The molecule has 4 aromatic rings. The van der Waals surface area contributed by atoms with Crippen LogP contribution in [0.15, 0.2) is 36.7 Å². The Kier molecular flexibility index (Phi) is 4.71. The van der Waals surface area contributed by atoms with E-state index in [0.717, 1.165) is 28.2 Å². The van der Waals surface area contributed by atoms with E-state index >= 15 is 0 Å². The third kappa shape index (κ3) is 3.25. The zero-order chi connectivity index (χ0) is 21.5. The molecule has 5 rings (SSSR count). The van der Waals surface area contributed by atoms with Gasteiger partial charge in [-0.05, 0) is 30.7 Å². The van der Waals surface area contributed by atoms with Crippen molar-refractivity contribution in [2.75, 3.05) is 19.0 Å². The van der Waals surface area contributed by atoms with E-state index in [1.54, 1.807) is 12.4 Å². The van der Waals surface area contributed by atoms with Gasteiger partial charge in [0.15, 0.2) is 0 Å². The number of rotatable bonds is 4. The summed E-state index contributed by atoms with van der Waals surface area (Å²) in [4.78, 5) is 29.3. The molecule has 0 saturated heterocycles. The number of carbonyl (C=O) groups excluding carboxylic acids is 1. The number of fused-ring (bicyclic) bond motifs is 2. The molecule has 0 spiro atoms. The maximum absolute atomic E-state index is 12.8. The minimum absolute atomic E-state index is 0.128. The topological polar surface area (TPSA) is 105 Å². The van der Waals surface area contributed by atoms with Gasteiger partial charge in [-0.3, -0.25) is 9.78 Å². The van der Waals surface area contributed by atoms with Crippen molar-refractivity contribution < 1.29 is 9.53 Å². The van der Waals surface area contributed by atoms with Crippen LogP contribution in [0, 0.1) is 6.92 Å². The Morgan fingerprint density at radius 2 is 2.10 bits per heavy atom. The molecule has 156 valence electrons. The molecule has 0 unspecified atom stereocenters. The van der Waals surface area contributed by atoms with Gasteiger partial charge in [0, 0.05) is 41.1 Å². The Balaban J connectivity index is 1.76. The van der Waals surface area contributed by atoms with Gasteiger partial charge in [-0.25, -0.2) is 4.98 Å². The molecular weight excluding hydrogens is 416 g/mol. The number of carbonyl (C=O) groups is 1. The van der Waals surface area contributed by atoms with E-state index in [9.17, 15) is 4.79 Å². The number of H-pyrrole nitrogens is 1. The van der Waals surface area contributed by atoms with Crippen LogP contribution >= 0.6 is 11.6 Å². The highest BCUT2D eigenvalue weighted by molar-refractivity contribution is 6.31. The molecular formula is C22H19ClN6O2. The number of ether oxygens (including phenoxy) is 1. The fourth-order valence-corrected chi connectivity index (χ4v) is 3.98. The minimum Gasteiger partial charge on any atom is -0.467 e. The van der Waals surface area contributed by atoms with E-state index in [2.05, 4.69) is 30.6 Å². The SMILES string of the molecule is COc1ncc2nccc(-c3[nH]c4c(c3Nc3cccc(Cl)c3C)C(=O)NCC4)c2n1. The Labute approximate surface area is 183 Å². The number of pyridine rings is 1. The first kappa shape index (κ1) is 19.3. The van der Waals surface area contributed by atoms with Crippen molar-refractivity contribution in [2.24, 2.45) is 0 Å². The number of hydrogen-bond acceptors (Lipinski definition) is 6. The highest BCUT2D eigenvalue weighted by Gasteiger charge is 2.28. The maximum atomic E-state index is 12.8.